The van der Waals surface area contributed by atoms with Gasteiger partial charge in [0.1, 0.15) is 5.82 Å². The highest BCUT2D eigenvalue weighted by Crippen LogP contribution is 2.23. The van der Waals surface area contributed by atoms with E-state index in [1.807, 2.05) is 12.1 Å². The molecule has 1 saturated heterocycles. The number of rotatable bonds is 3. The summed E-state index contributed by atoms with van der Waals surface area (Å²) in [5.74, 6) is -0.281. The molecule has 1 aliphatic heterocycles. The van der Waals surface area contributed by atoms with Crippen LogP contribution in [0.15, 0.2) is 48.5 Å². The van der Waals surface area contributed by atoms with E-state index in [0.29, 0.717) is 24.3 Å². The molecule has 0 saturated carbocycles. The Morgan fingerprint density at radius 3 is 2.48 bits per heavy atom. The van der Waals surface area contributed by atoms with Crippen molar-refractivity contribution in [3.8, 4) is 0 Å². The normalized spacial score (nSPS) is 14.8. The quantitative estimate of drug-likeness (QED) is 0.882. The predicted molar refractivity (Wildman–Crippen MR) is 80.4 cm³/mol. The number of hydrogen-bond acceptors (Lipinski definition) is 2. The van der Waals surface area contributed by atoms with Gasteiger partial charge < -0.3 is 10.6 Å². The van der Waals surface area contributed by atoms with E-state index in [9.17, 15) is 9.18 Å². The van der Waals surface area contributed by atoms with Gasteiger partial charge in [-0.1, -0.05) is 18.2 Å². The van der Waals surface area contributed by atoms with E-state index in [1.165, 1.54) is 6.07 Å². The molecule has 1 fully saturated rings. The number of benzene rings is 2. The highest BCUT2D eigenvalue weighted by molar-refractivity contribution is 5.94. The molecule has 1 heterocycles. The first-order chi connectivity index (χ1) is 10.1. The molecule has 5 heteroatoms. The molecule has 1 aliphatic rings. The number of nitrogens with zero attached hydrogens (tertiary/aromatic N) is 2. The average molecular weight is 285 g/mol. The van der Waals surface area contributed by atoms with Crippen LogP contribution in [-0.2, 0) is 6.54 Å². The van der Waals surface area contributed by atoms with E-state index in [-0.39, 0.29) is 18.4 Å². The second-order valence-corrected chi connectivity index (χ2v) is 5.04. The van der Waals surface area contributed by atoms with E-state index in [1.54, 1.807) is 40.1 Å². The molecule has 2 amide bonds. The minimum atomic E-state index is -0.281. The summed E-state index contributed by atoms with van der Waals surface area (Å²) in [5.41, 5.74) is 7.65. The molecule has 2 aromatic rings. The largest absolute Gasteiger partial charge is 0.399 e. The van der Waals surface area contributed by atoms with Gasteiger partial charge in [0.2, 0.25) is 0 Å². The summed E-state index contributed by atoms with van der Waals surface area (Å²) in [4.78, 5) is 15.7. The van der Waals surface area contributed by atoms with Crippen molar-refractivity contribution in [2.75, 3.05) is 23.7 Å². The minimum absolute atomic E-state index is 0.108. The molecule has 2 aromatic carbocycles. The van der Waals surface area contributed by atoms with Crippen LogP contribution in [0, 0.1) is 5.82 Å². The van der Waals surface area contributed by atoms with E-state index in [2.05, 4.69) is 0 Å². The lowest BCUT2D eigenvalue weighted by Crippen LogP contribution is -2.31. The highest BCUT2D eigenvalue weighted by Gasteiger charge is 2.29. The zero-order valence-corrected chi connectivity index (χ0v) is 11.5. The van der Waals surface area contributed by atoms with Gasteiger partial charge in [-0.05, 0) is 30.3 Å². The van der Waals surface area contributed by atoms with Gasteiger partial charge in [-0.25, -0.2) is 9.18 Å². The molecule has 108 valence electrons. The van der Waals surface area contributed by atoms with Crippen molar-refractivity contribution in [3.05, 3.63) is 59.9 Å². The Balaban J connectivity index is 1.75. The van der Waals surface area contributed by atoms with Crippen molar-refractivity contribution in [2.24, 2.45) is 0 Å². The number of nitrogen functional groups attached to an aromatic ring is 1. The highest BCUT2D eigenvalue weighted by atomic mass is 19.1. The summed E-state index contributed by atoms with van der Waals surface area (Å²) >= 11 is 0. The monoisotopic (exact) mass is 285 g/mol. The van der Waals surface area contributed by atoms with Crippen LogP contribution in [0.1, 0.15) is 5.56 Å². The van der Waals surface area contributed by atoms with Crippen LogP contribution in [-0.4, -0.2) is 24.0 Å². The van der Waals surface area contributed by atoms with Crippen LogP contribution < -0.4 is 10.6 Å². The second kappa shape index (κ2) is 5.44. The molecular weight excluding hydrogens is 269 g/mol. The van der Waals surface area contributed by atoms with E-state index >= 15 is 0 Å². The molecule has 0 radical (unpaired) electrons. The molecule has 4 nitrogen and oxygen atoms in total. The first-order valence-corrected chi connectivity index (χ1v) is 6.80. The van der Waals surface area contributed by atoms with Gasteiger partial charge in [0.15, 0.2) is 0 Å². The number of amides is 2. The fourth-order valence-corrected chi connectivity index (χ4v) is 2.46. The maximum atomic E-state index is 13.7. The average Bonchev–Trinajstić information content (AvgIpc) is 2.84. The van der Waals surface area contributed by atoms with Crippen LogP contribution in [0.4, 0.5) is 20.6 Å². The Morgan fingerprint density at radius 1 is 1.05 bits per heavy atom. The van der Waals surface area contributed by atoms with Gasteiger partial charge >= 0.3 is 6.03 Å². The Labute approximate surface area is 122 Å². The van der Waals surface area contributed by atoms with Gasteiger partial charge in [-0.2, -0.15) is 0 Å². The maximum absolute atomic E-state index is 13.7. The third kappa shape index (κ3) is 2.67. The summed E-state index contributed by atoms with van der Waals surface area (Å²) < 4.78 is 13.7. The summed E-state index contributed by atoms with van der Waals surface area (Å²) in [7, 11) is 0. The molecule has 0 spiro atoms. The zero-order valence-electron chi connectivity index (χ0n) is 11.5. The molecule has 0 atom stereocenters. The topological polar surface area (TPSA) is 49.6 Å². The summed E-state index contributed by atoms with van der Waals surface area (Å²) in [5, 5.41) is 0. The van der Waals surface area contributed by atoms with Gasteiger partial charge in [0.25, 0.3) is 0 Å². The summed E-state index contributed by atoms with van der Waals surface area (Å²) in [6.07, 6.45) is 0. The van der Waals surface area contributed by atoms with Crippen molar-refractivity contribution in [2.45, 2.75) is 6.54 Å². The number of nitrogens with two attached hydrogens (primary N) is 1. The predicted octanol–water partition coefficient (Wildman–Crippen LogP) is 2.85. The standard InChI is InChI=1S/C16H16FN3O/c17-15-4-2-1-3-12(15)11-19-9-10-20(16(19)21)14-7-5-13(18)6-8-14/h1-8H,9-11,18H2. The number of hydrogen-bond donors (Lipinski definition) is 1. The van der Waals surface area contributed by atoms with Crippen LogP contribution in [0.25, 0.3) is 0 Å². The SMILES string of the molecule is Nc1ccc(N2CCN(Cc3ccccc3F)C2=O)cc1. The smallest absolute Gasteiger partial charge is 0.324 e. The second-order valence-electron chi connectivity index (χ2n) is 5.04. The number of urea groups is 1. The summed E-state index contributed by atoms with van der Waals surface area (Å²) in [6, 6.07) is 13.6. The van der Waals surface area contributed by atoms with Crippen LogP contribution in [0.3, 0.4) is 0 Å². The molecule has 0 unspecified atom stereocenters. The number of anilines is 2. The van der Waals surface area contributed by atoms with E-state index < -0.39 is 0 Å². The minimum Gasteiger partial charge on any atom is -0.399 e. The molecular formula is C16H16FN3O. The van der Waals surface area contributed by atoms with Crippen molar-refractivity contribution in [1.82, 2.24) is 4.90 Å². The first kappa shape index (κ1) is 13.4. The van der Waals surface area contributed by atoms with Crippen LogP contribution in [0.5, 0.6) is 0 Å². The fourth-order valence-electron chi connectivity index (χ4n) is 2.46. The van der Waals surface area contributed by atoms with Crippen molar-refractivity contribution in [3.63, 3.8) is 0 Å². The van der Waals surface area contributed by atoms with Crippen molar-refractivity contribution >= 4 is 17.4 Å². The fraction of sp³-hybridized carbons (Fsp3) is 0.188. The Hall–Kier alpha value is -2.56. The third-order valence-corrected chi connectivity index (χ3v) is 3.62. The maximum Gasteiger partial charge on any atom is 0.324 e. The molecule has 0 bridgehead atoms. The lowest BCUT2D eigenvalue weighted by Gasteiger charge is -2.19. The van der Waals surface area contributed by atoms with Crippen molar-refractivity contribution < 1.29 is 9.18 Å². The van der Waals surface area contributed by atoms with Crippen molar-refractivity contribution in [1.29, 1.82) is 0 Å². The van der Waals surface area contributed by atoms with E-state index in [0.717, 1.165) is 5.69 Å². The van der Waals surface area contributed by atoms with Crippen LogP contribution in [0.2, 0.25) is 0 Å². The Bertz CT molecular complexity index is 657. The Kier molecular flexibility index (Phi) is 3.48. The summed E-state index contributed by atoms with van der Waals surface area (Å²) in [6.45, 7) is 1.46. The van der Waals surface area contributed by atoms with Gasteiger partial charge in [-0.3, -0.25) is 4.90 Å². The number of carbonyl (C=O) groups is 1. The van der Waals surface area contributed by atoms with Gasteiger partial charge in [0, 0.05) is 30.0 Å². The van der Waals surface area contributed by atoms with Gasteiger partial charge in [0.05, 0.1) is 6.54 Å². The molecule has 21 heavy (non-hydrogen) atoms. The molecule has 0 aromatic heterocycles. The van der Waals surface area contributed by atoms with Gasteiger partial charge in [-0.15, -0.1) is 0 Å². The zero-order chi connectivity index (χ0) is 14.8. The number of carbonyl (C=O) groups excluding carboxylic acids is 1. The molecule has 3 rings (SSSR count). The van der Waals surface area contributed by atoms with E-state index in [4.69, 9.17) is 5.73 Å². The molecule has 2 N–H and O–H groups in total. The first-order valence-electron chi connectivity index (χ1n) is 6.80. The lowest BCUT2D eigenvalue weighted by molar-refractivity contribution is 0.218. The number of halogens is 1. The Morgan fingerprint density at radius 2 is 1.76 bits per heavy atom. The van der Waals surface area contributed by atoms with Crippen LogP contribution >= 0.6 is 0 Å². The third-order valence-electron chi connectivity index (χ3n) is 3.62. The lowest BCUT2D eigenvalue weighted by atomic mass is 10.2. The molecule has 0 aliphatic carbocycles.